The average molecular weight is 460 g/mol. The molecule has 0 atom stereocenters. The third-order valence-electron chi connectivity index (χ3n) is 3.74. The van der Waals surface area contributed by atoms with Crippen LogP contribution in [0.5, 0.6) is 0 Å². The highest BCUT2D eigenvalue weighted by molar-refractivity contribution is 9.10. The van der Waals surface area contributed by atoms with Gasteiger partial charge in [-0.2, -0.15) is 0 Å². The summed E-state index contributed by atoms with van der Waals surface area (Å²) in [6, 6.07) is 10.9. The minimum atomic E-state index is -0.326. The number of nitrogens with one attached hydrogen (secondary N) is 2. The smallest absolute Gasteiger partial charge is 0.262 e. The van der Waals surface area contributed by atoms with Crippen molar-refractivity contribution in [3.05, 3.63) is 58.8 Å². The van der Waals surface area contributed by atoms with Crippen molar-refractivity contribution in [3.8, 4) is 11.4 Å². The number of nitrogens with zero attached hydrogens (tertiary/aromatic N) is 3. The molecule has 2 aromatic heterocycles. The van der Waals surface area contributed by atoms with Gasteiger partial charge in [0.05, 0.1) is 6.61 Å². The predicted octanol–water partition coefficient (Wildman–Crippen LogP) is 3.68. The maximum atomic E-state index is 13.0. The highest BCUT2D eigenvalue weighted by Crippen LogP contribution is 2.29. The van der Waals surface area contributed by atoms with E-state index >= 15 is 0 Å². The Morgan fingerprint density at radius 1 is 1.14 bits per heavy atom. The molecular formula is C19H18BrN5O2S. The Bertz CT molecular complexity index is 955. The number of halogens is 1. The standard InChI is InChI=1S/C19H18BrN5O2S/c1-28-19-15(18(27)23-14-4-2-13(20)3-5-14)17(22-10-11-26)24-16(25-19)12-6-8-21-9-7-12/h2-9,26H,10-11H2,1H3,(H,23,27)(H,22,24,25). The fourth-order valence-electron chi connectivity index (χ4n) is 2.45. The summed E-state index contributed by atoms with van der Waals surface area (Å²) in [5.41, 5.74) is 1.78. The molecule has 3 aromatic rings. The Kier molecular flexibility index (Phi) is 6.96. The lowest BCUT2D eigenvalue weighted by Crippen LogP contribution is -2.19. The zero-order chi connectivity index (χ0) is 19.9. The fourth-order valence-corrected chi connectivity index (χ4v) is 3.29. The van der Waals surface area contributed by atoms with Crippen LogP contribution in [0.3, 0.4) is 0 Å². The van der Waals surface area contributed by atoms with E-state index in [0.717, 1.165) is 10.0 Å². The number of pyridine rings is 1. The van der Waals surface area contributed by atoms with Gasteiger partial charge in [-0.3, -0.25) is 9.78 Å². The molecule has 0 radical (unpaired) electrons. The van der Waals surface area contributed by atoms with Crippen molar-refractivity contribution in [2.75, 3.05) is 30.0 Å². The summed E-state index contributed by atoms with van der Waals surface area (Å²) in [6.45, 7) is 0.177. The topological polar surface area (TPSA) is 100 Å². The highest BCUT2D eigenvalue weighted by atomic mass is 79.9. The fraction of sp³-hybridized carbons (Fsp3) is 0.158. The van der Waals surface area contributed by atoms with Gasteiger partial charge in [-0.05, 0) is 42.7 Å². The molecule has 0 aliphatic rings. The monoisotopic (exact) mass is 459 g/mol. The number of carbonyl (C=O) groups is 1. The van der Waals surface area contributed by atoms with Crippen molar-refractivity contribution < 1.29 is 9.90 Å². The van der Waals surface area contributed by atoms with Gasteiger partial charge < -0.3 is 15.7 Å². The number of carbonyl (C=O) groups excluding carboxylic acids is 1. The van der Waals surface area contributed by atoms with Gasteiger partial charge in [0.15, 0.2) is 5.82 Å². The molecule has 0 saturated carbocycles. The van der Waals surface area contributed by atoms with Crippen LogP contribution in [-0.2, 0) is 0 Å². The molecule has 3 rings (SSSR count). The molecule has 2 heterocycles. The zero-order valence-corrected chi connectivity index (χ0v) is 17.4. The van der Waals surface area contributed by atoms with Gasteiger partial charge in [-0.1, -0.05) is 15.9 Å². The Balaban J connectivity index is 2.02. The summed E-state index contributed by atoms with van der Waals surface area (Å²) in [5, 5.41) is 15.6. The number of aromatic nitrogens is 3. The second-order valence-electron chi connectivity index (χ2n) is 5.63. The lowest BCUT2D eigenvalue weighted by Gasteiger charge is -2.15. The molecule has 3 N–H and O–H groups in total. The number of aliphatic hydroxyl groups is 1. The number of hydrogen-bond donors (Lipinski definition) is 3. The van der Waals surface area contributed by atoms with Crippen molar-refractivity contribution >= 4 is 45.1 Å². The first-order valence-corrected chi connectivity index (χ1v) is 10.4. The third-order valence-corrected chi connectivity index (χ3v) is 4.95. The first-order valence-electron chi connectivity index (χ1n) is 8.40. The quantitative estimate of drug-likeness (QED) is 0.365. The third kappa shape index (κ3) is 4.86. The number of thioether (sulfide) groups is 1. The summed E-state index contributed by atoms with van der Waals surface area (Å²) >= 11 is 4.73. The van der Waals surface area contributed by atoms with Crippen LogP contribution in [0.25, 0.3) is 11.4 Å². The second-order valence-corrected chi connectivity index (χ2v) is 7.34. The summed E-state index contributed by atoms with van der Waals surface area (Å²) in [7, 11) is 0. The van der Waals surface area contributed by atoms with Gasteiger partial charge in [0.1, 0.15) is 16.4 Å². The number of benzene rings is 1. The van der Waals surface area contributed by atoms with Gasteiger partial charge in [0, 0.05) is 34.7 Å². The molecule has 1 aromatic carbocycles. The van der Waals surface area contributed by atoms with Crippen LogP contribution in [0.4, 0.5) is 11.5 Å². The van der Waals surface area contributed by atoms with Crippen molar-refractivity contribution in [1.29, 1.82) is 0 Å². The maximum Gasteiger partial charge on any atom is 0.262 e. The van der Waals surface area contributed by atoms with E-state index in [4.69, 9.17) is 0 Å². The minimum absolute atomic E-state index is 0.0863. The summed E-state index contributed by atoms with van der Waals surface area (Å²) in [5.74, 6) is 0.524. The Morgan fingerprint density at radius 2 is 1.86 bits per heavy atom. The molecule has 7 nitrogen and oxygen atoms in total. The SMILES string of the molecule is CSc1nc(-c2ccncc2)nc(NCCO)c1C(=O)Nc1ccc(Br)cc1. The van der Waals surface area contributed by atoms with Gasteiger partial charge in [-0.15, -0.1) is 11.8 Å². The van der Waals surface area contributed by atoms with Crippen LogP contribution < -0.4 is 10.6 Å². The molecule has 0 saturated heterocycles. The first kappa shape index (κ1) is 20.2. The van der Waals surface area contributed by atoms with Crippen molar-refractivity contribution in [1.82, 2.24) is 15.0 Å². The predicted molar refractivity (Wildman–Crippen MR) is 115 cm³/mol. The van der Waals surface area contributed by atoms with Gasteiger partial charge >= 0.3 is 0 Å². The largest absolute Gasteiger partial charge is 0.395 e. The normalized spacial score (nSPS) is 10.5. The van der Waals surface area contributed by atoms with Crippen molar-refractivity contribution in [3.63, 3.8) is 0 Å². The Hall–Kier alpha value is -2.49. The molecule has 0 unspecified atom stereocenters. The number of anilines is 2. The van der Waals surface area contributed by atoms with Crippen LogP contribution in [-0.4, -0.2) is 45.4 Å². The lowest BCUT2D eigenvalue weighted by atomic mass is 10.2. The van der Waals surface area contributed by atoms with E-state index in [2.05, 4.69) is 41.5 Å². The molecule has 28 heavy (non-hydrogen) atoms. The molecule has 0 aliphatic carbocycles. The zero-order valence-electron chi connectivity index (χ0n) is 15.0. The van der Waals surface area contributed by atoms with Crippen LogP contribution in [0.15, 0.2) is 58.3 Å². The van der Waals surface area contributed by atoms with E-state index in [9.17, 15) is 9.90 Å². The Morgan fingerprint density at radius 3 is 2.50 bits per heavy atom. The number of amides is 1. The van der Waals surface area contributed by atoms with Gasteiger partial charge in [0.2, 0.25) is 0 Å². The Labute approximate surface area is 175 Å². The molecule has 9 heteroatoms. The van der Waals surface area contributed by atoms with E-state index in [1.165, 1.54) is 11.8 Å². The lowest BCUT2D eigenvalue weighted by molar-refractivity contribution is 0.102. The van der Waals surface area contributed by atoms with E-state index < -0.39 is 0 Å². The number of rotatable bonds is 7. The van der Waals surface area contributed by atoms with Gasteiger partial charge in [-0.25, -0.2) is 9.97 Å². The van der Waals surface area contributed by atoms with Crippen LogP contribution in [0, 0.1) is 0 Å². The molecular weight excluding hydrogens is 442 g/mol. The molecule has 0 spiro atoms. The number of hydrogen-bond acceptors (Lipinski definition) is 7. The second kappa shape index (κ2) is 9.63. The molecule has 0 fully saturated rings. The van der Waals surface area contributed by atoms with Crippen LogP contribution >= 0.6 is 27.7 Å². The minimum Gasteiger partial charge on any atom is -0.395 e. The van der Waals surface area contributed by atoms with Crippen LogP contribution in [0.1, 0.15) is 10.4 Å². The van der Waals surface area contributed by atoms with E-state index in [-0.39, 0.29) is 19.1 Å². The van der Waals surface area contributed by atoms with Gasteiger partial charge in [0.25, 0.3) is 5.91 Å². The molecule has 0 aliphatic heterocycles. The average Bonchev–Trinajstić information content (AvgIpc) is 2.73. The van der Waals surface area contributed by atoms with E-state index in [1.54, 1.807) is 36.7 Å². The summed E-state index contributed by atoms with van der Waals surface area (Å²) in [4.78, 5) is 26.1. The summed E-state index contributed by atoms with van der Waals surface area (Å²) < 4.78 is 0.922. The molecule has 1 amide bonds. The highest BCUT2D eigenvalue weighted by Gasteiger charge is 2.21. The summed E-state index contributed by atoms with van der Waals surface area (Å²) in [6.07, 6.45) is 5.17. The maximum absolute atomic E-state index is 13.0. The van der Waals surface area contributed by atoms with E-state index in [1.807, 2.05) is 18.4 Å². The first-order chi connectivity index (χ1) is 13.6. The van der Waals surface area contributed by atoms with E-state index in [0.29, 0.717) is 27.9 Å². The number of aliphatic hydroxyl groups excluding tert-OH is 1. The molecule has 144 valence electrons. The molecule has 0 bridgehead atoms. The van der Waals surface area contributed by atoms with Crippen LogP contribution in [0.2, 0.25) is 0 Å². The van der Waals surface area contributed by atoms with Crippen molar-refractivity contribution in [2.45, 2.75) is 5.03 Å². The van der Waals surface area contributed by atoms with Crippen molar-refractivity contribution in [2.24, 2.45) is 0 Å².